The van der Waals surface area contributed by atoms with E-state index < -0.39 is 0 Å². The Balaban J connectivity index is 1.77. The third kappa shape index (κ3) is 2.85. The van der Waals surface area contributed by atoms with Crippen LogP contribution in [-0.4, -0.2) is 5.91 Å². The molecule has 3 aromatic rings. The SMILES string of the molecule is O=C1c2ccccc2C(Nc2ccc(F)cc2)N1c1ccc(Cl)cc1. The summed E-state index contributed by atoms with van der Waals surface area (Å²) in [6, 6.07) is 20.7. The number of hydrogen-bond donors (Lipinski definition) is 1. The minimum atomic E-state index is -0.379. The van der Waals surface area contributed by atoms with E-state index in [1.807, 2.05) is 36.4 Å². The van der Waals surface area contributed by atoms with Gasteiger partial charge in [-0.15, -0.1) is 0 Å². The molecule has 1 amide bonds. The summed E-state index contributed by atoms with van der Waals surface area (Å²) < 4.78 is 13.2. The maximum Gasteiger partial charge on any atom is 0.260 e. The number of anilines is 2. The van der Waals surface area contributed by atoms with Gasteiger partial charge < -0.3 is 5.32 Å². The number of nitrogens with one attached hydrogen (secondary N) is 1. The molecule has 5 heteroatoms. The first kappa shape index (κ1) is 15.7. The lowest BCUT2D eigenvalue weighted by Crippen LogP contribution is -2.32. The normalized spacial score (nSPS) is 16.0. The molecule has 25 heavy (non-hydrogen) atoms. The lowest BCUT2D eigenvalue weighted by molar-refractivity contribution is 0.0993. The van der Waals surface area contributed by atoms with E-state index in [0.29, 0.717) is 10.6 Å². The Kier molecular flexibility index (Phi) is 3.90. The van der Waals surface area contributed by atoms with Crippen LogP contribution in [0, 0.1) is 5.82 Å². The molecule has 0 aliphatic carbocycles. The van der Waals surface area contributed by atoms with E-state index in [1.165, 1.54) is 12.1 Å². The fourth-order valence-corrected chi connectivity index (χ4v) is 3.16. The van der Waals surface area contributed by atoms with Gasteiger partial charge in [-0.05, 0) is 54.6 Å². The number of hydrogen-bond acceptors (Lipinski definition) is 2. The van der Waals surface area contributed by atoms with Gasteiger partial charge in [0.1, 0.15) is 12.0 Å². The average Bonchev–Trinajstić information content (AvgIpc) is 2.90. The summed E-state index contributed by atoms with van der Waals surface area (Å²) in [7, 11) is 0. The van der Waals surface area contributed by atoms with E-state index >= 15 is 0 Å². The number of fused-ring (bicyclic) bond motifs is 1. The van der Waals surface area contributed by atoms with Crippen molar-refractivity contribution in [3.63, 3.8) is 0 Å². The van der Waals surface area contributed by atoms with Gasteiger partial charge in [0.05, 0.1) is 0 Å². The number of rotatable bonds is 3. The van der Waals surface area contributed by atoms with E-state index in [0.717, 1.165) is 16.9 Å². The van der Waals surface area contributed by atoms with Crippen molar-refractivity contribution in [2.75, 3.05) is 10.2 Å². The number of halogens is 2. The molecular formula is C20H14ClFN2O. The maximum atomic E-state index is 13.2. The van der Waals surface area contributed by atoms with E-state index in [-0.39, 0.29) is 17.9 Å². The Morgan fingerprint density at radius 2 is 1.60 bits per heavy atom. The van der Waals surface area contributed by atoms with Crippen molar-refractivity contribution in [1.29, 1.82) is 0 Å². The van der Waals surface area contributed by atoms with Crippen molar-refractivity contribution in [2.45, 2.75) is 6.17 Å². The topological polar surface area (TPSA) is 32.3 Å². The maximum absolute atomic E-state index is 13.2. The summed E-state index contributed by atoms with van der Waals surface area (Å²) >= 11 is 5.97. The predicted molar refractivity (Wildman–Crippen MR) is 97.5 cm³/mol. The molecule has 0 bridgehead atoms. The zero-order valence-electron chi connectivity index (χ0n) is 13.1. The summed E-state index contributed by atoms with van der Waals surface area (Å²) in [6.45, 7) is 0. The first-order valence-electron chi connectivity index (χ1n) is 7.83. The molecule has 4 rings (SSSR count). The fraction of sp³-hybridized carbons (Fsp3) is 0.0500. The van der Waals surface area contributed by atoms with Crippen LogP contribution in [0.5, 0.6) is 0 Å². The van der Waals surface area contributed by atoms with Crippen molar-refractivity contribution in [3.05, 3.63) is 94.8 Å². The second-order valence-corrected chi connectivity index (χ2v) is 6.23. The highest BCUT2D eigenvalue weighted by Crippen LogP contribution is 2.38. The van der Waals surface area contributed by atoms with E-state index in [2.05, 4.69) is 5.32 Å². The molecule has 1 heterocycles. The third-order valence-electron chi connectivity index (χ3n) is 4.22. The molecule has 0 fully saturated rings. The lowest BCUT2D eigenvalue weighted by Gasteiger charge is -2.27. The van der Waals surface area contributed by atoms with Gasteiger partial charge in [-0.3, -0.25) is 9.69 Å². The molecule has 1 aliphatic heterocycles. The molecule has 0 radical (unpaired) electrons. The molecular weight excluding hydrogens is 339 g/mol. The fourth-order valence-electron chi connectivity index (χ4n) is 3.03. The monoisotopic (exact) mass is 352 g/mol. The van der Waals surface area contributed by atoms with Crippen LogP contribution < -0.4 is 10.2 Å². The van der Waals surface area contributed by atoms with E-state index in [1.54, 1.807) is 29.2 Å². The summed E-state index contributed by atoms with van der Waals surface area (Å²) in [5, 5.41) is 3.93. The molecule has 3 nitrogen and oxygen atoms in total. The zero-order valence-corrected chi connectivity index (χ0v) is 13.9. The molecule has 0 spiro atoms. The molecule has 0 aromatic heterocycles. The zero-order chi connectivity index (χ0) is 17.4. The van der Waals surface area contributed by atoms with Gasteiger partial charge in [0.25, 0.3) is 5.91 Å². The molecule has 0 saturated carbocycles. The molecule has 1 aliphatic rings. The Hall–Kier alpha value is -2.85. The van der Waals surface area contributed by atoms with Crippen LogP contribution in [0.25, 0.3) is 0 Å². The van der Waals surface area contributed by atoms with Gasteiger partial charge in [0.15, 0.2) is 0 Å². The van der Waals surface area contributed by atoms with E-state index in [9.17, 15) is 9.18 Å². The highest BCUT2D eigenvalue weighted by atomic mass is 35.5. The first-order valence-corrected chi connectivity index (χ1v) is 8.21. The van der Waals surface area contributed by atoms with Crippen LogP contribution in [0.4, 0.5) is 15.8 Å². The van der Waals surface area contributed by atoms with Crippen LogP contribution in [0.3, 0.4) is 0 Å². The van der Waals surface area contributed by atoms with Crippen LogP contribution in [0.1, 0.15) is 22.1 Å². The molecule has 124 valence electrons. The number of carbonyl (C=O) groups is 1. The van der Waals surface area contributed by atoms with Gasteiger partial charge in [-0.25, -0.2) is 4.39 Å². The summed E-state index contributed by atoms with van der Waals surface area (Å²) in [5.74, 6) is -0.388. The Morgan fingerprint density at radius 3 is 2.32 bits per heavy atom. The number of amides is 1. The Bertz CT molecular complexity index is 925. The summed E-state index contributed by atoms with van der Waals surface area (Å²) in [4.78, 5) is 14.6. The lowest BCUT2D eigenvalue weighted by atomic mass is 10.1. The van der Waals surface area contributed by atoms with Gasteiger partial charge in [-0.1, -0.05) is 29.8 Å². The van der Waals surface area contributed by atoms with E-state index in [4.69, 9.17) is 11.6 Å². The smallest absolute Gasteiger partial charge is 0.260 e. The quantitative estimate of drug-likeness (QED) is 0.698. The molecule has 1 unspecified atom stereocenters. The van der Waals surface area contributed by atoms with Crippen LogP contribution in [-0.2, 0) is 0 Å². The largest absolute Gasteiger partial charge is 0.361 e. The van der Waals surface area contributed by atoms with Crippen molar-refractivity contribution >= 4 is 28.9 Å². The van der Waals surface area contributed by atoms with Gasteiger partial charge >= 0.3 is 0 Å². The Labute approximate surface area is 149 Å². The molecule has 3 aromatic carbocycles. The number of benzene rings is 3. The predicted octanol–water partition coefficient (Wildman–Crippen LogP) is 5.25. The molecule has 1 N–H and O–H groups in total. The van der Waals surface area contributed by atoms with Crippen molar-refractivity contribution < 1.29 is 9.18 Å². The van der Waals surface area contributed by atoms with Gasteiger partial charge in [0, 0.05) is 27.5 Å². The highest BCUT2D eigenvalue weighted by molar-refractivity contribution is 6.30. The highest BCUT2D eigenvalue weighted by Gasteiger charge is 2.37. The standard InChI is InChI=1S/C20H14ClFN2O/c21-13-5-11-16(12-6-13)24-19(23-15-9-7-14(22)8-10-15)17-3-1-2-4-18(17)20(24)25/h1-12,19,23H. The number of carbonyl (C=O) groups excluding carboxylic acids is 1. The second-order valence-electron chi connectivity index (χ2n) is 5.79. The van der Waals surface area contributed by atoms with Gasteiger partial charge in [-0.2, -0.15) is 0 Å². The van der Waals surface area contributed by atoms with Gasteiger partial charge in [0.2, 0.25) is 0 Å². The second kappa shape index (κ2) is 6.22. The average molecular weight is 353 g/mol. The van der Waals surface area contributed by atoms with Crippen LogP contribution in [0.2, 0.25) is 5.02 Å². The van der Waals surface area contributed by atoms with Crippen molar-refractivity contribution in [1.82, 2.24) is 0 Å². The van der Waals surface area contributed by atoms with Crippen molar-refractivity contribution in [2.24, 2.45) is 0 Å². The number of nitrogens with zero attached hydrogens (tertiary/aromatic N) is 1. The molecule has 1 atom stereocenters. The minimum absolute atomic E-state index is 0.0856. The Morgan fingerprint density at radius 1 is 0.920 bits per heavy atom. The van der Waals surface area contributed by atoms with Crippen molar-refractivity contribution in [3.8, 4) is 0 Å². The summed E-state index contributed by atoms with van der Waals surface area (Å²) in [6.07, 6.45) is -0.379. The third-order valence-corrected chi connectivity index (χ3v) is 4.47. The summed E-state index contributed by atoms with van der Waals surface area (Å²) in [5.41, 5.74) is 3.00. The molecule has 0 saturated heterocycles. The van der Waals surface area contributed by atoms with Crippen LogP contribution in [0.15, 0.2) is 72.8 Å². The van der Waals surface area contributed by atoms with Crippen LogP contribution >= 0.6 is 11.6 Å². The minimum Gasteiger partial charge on any atom is -0.361 e. The first-order chi connectivity index (χ1) is 12.1.